The monoisotopic (exact) mass is 378 g/mol. The fraction of sp³-hybridized carbons (Fsp3) is 0.667. The molecule has 1 aliphatic carbocycles. The van der Waals surface area contributed by atoms with Crippen molar-refractivity contribution in [2.24, 2.45) is 11.8 Å². The van der Waals surface area contributed by atoms with Gasteiger partial charge in [0.2, 0.25) is 5.91 Å². The van der Waals surface area contributed by atoms with Crippen LogP contribution in [0.2, 0.25) is 0 Å². The molecule has 0 radical (unpaired) electrons. The Kier molecular flexibility index (Phi) is 4.97. The second kappa shape index (κ2) is 7.13. The Hall–Kier alpha value is -1.53. The average Bonchev–Trinajstić information content (AvgIpc) is 2.60. The zero-order valence-corrected chi connectivity index (χ0v) is 15.9. The summed E-state index contributed by atoms with van der Waals surface area (Å²) in [7, 11) is 0. The van der Waals surface area contributed by atoms with Crippen LogP contribution in [0.25, 0.3) is 0 Å². The van der Waals surface area contributed by atoms with E-state index < -0.39 is 17.2 Å². The minimum absolute atomic E-state index is 0.0395. The number of amides is 1. The lowest BCUT2D eigenvalue weighted by Crippen LogP contribution is -2.61. The molecular formula is C21H28F2N2O2. The highest BCUT2D eigenvalue weighted by Gasteiger charge is 2.46. The molecule has 6 heteroatoms. The standard InChI is InChI=1S/C21H28F2N2O2/c1-14-5-6-16(19(23)18(14)22)11-24-9-7-21(27)8-10-25(13-17(21)12-24)20(26)15-3-2-4-15/h5-6,15,17,27H,2-4,7-13H2,1H3/t17-,21-/m1/s1. The van der Waals surface area contributed by atoms with E-state index in [1.165, 1.54) is 0 Å². The number of aliphatic hydroxyl groups is 1. The number of hydrogen-bond acceptors (Lipinski definition) is 3. The Morgan fingerprint density at radius 2 is 1.93 bits per heavy atom. The minimum atomic E-state index is -0.782. The molecule has 1 amide bonds. The number of aryl methyl sites for hydroxylation is 1. The predicted molar refractivity (Wildman–Crippen MR) is 98.0 cm³/mol. The maximum atomic E-state index is 14.2. The fourth-order valence-corrected chi connectivity index (χ4v) is 4.68. The van der Waals surface area contributed by atoms with E-state index in [1.54, 1.807) is 19.1 Å². The molecule has 0 unspecified atom stereocenters. The van der Waals surface area contributed by atoms with Crippen molar-refractivity contribution in [3.05, 3.63) is 34.9 Å². The Bertz CT molecular complexity index is 737. The third-order valence-corrected chi connectivity index (χ3v) is 6.87. The van der Waals surface area contributed by atoms with E-state index in [0.717, 1.165) is 19.3 Å². The fourth-order valence-electron chi connectivity index (χ4n) is 4.68. The number of likely N-dealkylation sites (tertiary alicyclic amines) is 2. The van der Waals surface area contributed by atoms with Crippen molar-refractivity contribution in [1.29, 1.82) is 0 Å². The van der Waals surface area contributed by atoms with Gasteiger partial charge in [-0.2, -0.15) is 0 Å². The summed E-state index contributed by atoms with van der Waals surface area (Å²) in [5, 5.41) is 11.0. The van der Waals surface area contributed by atoms with Crippen molar-refractivity contribution in [2.45, 2.75) is 51.2 Å². The summed E-state index contributed by atoms with van der Waals surface area (Å²) < 4.78 is 28.1. The number of hydrogen-bond donors (Lipinski definition) is 1. The smallest absolute Gasteiger partial charge is 0.225 e. The number of rotatable bonds is 3. The SMILES string of the molecule is Cc1ccc(CN2CC[C@@]3(O)CCN(C(=O)C4CCC4)C[C@H]3C2)c(F)c1F. The van der Waals surface area contributed by atoms with E-state index in [0.29, 0.717) is 56.7 Å². The molecule has 148 valence electrons. The predicted octanol–water partition coefficient (Wildman–Crippen LogP) is 2.86. The van der Waals surface area contributed by atoms with Crippen LogP contribution in [0.3, 0.4) is 0 Å². The van der Waals surface area contributed by atoms with Gasteiger partial charge in [0.15, 0.2) is 11.6 Å². The first-order chi connectivity index (χ1) is 12.9. The van der Waals surface area contributed by atoms with Gasteiger partial charge in [-0.15, -0.1) is 0 Å². The zero-order valence-electron chi connectivity index (χ0n) is 15.9. The number of carbonyl (C=O) groups is 1. The van der Waals surface area contributed by atoms with E-state index in [-0.39, 0.29) is 17.7 Å². The van der Waals surface area contributed by atoms with Crippen molar-refractivity contribution in [3.8, 4) is 0 Å². The van der Waals surface area contributed by atoms with Crippen LogP contribution < -0.4 is 0 Å². The summed E-state index contributed by atoms with van der Waals surface area (Å²) in [6.07, 6.45) is 4.31. The van der Waals surface area contributed by atoms with Crippen LogP contribution in [0, 0.1) is 30.4 Å². The van der Waals surface area contributed by atoms with Crippen molar-refractivity contribution in [2.75, 3.05) is 26.2 Å². The van der Waals surface area contributed by atoms with Gasteiger partial charge < -0.3 is 10.0 Å². The van der Waals surface area contributed by atoms with Crippen molar-refractivity contribution >= 4 is 5.91 Å². The summed E-state index contributed by atoms with van der Waals surface area (Å²) in [5.74, 6) is -1.20. The molecule has 0 bridgehead atoms. The highest BCUT2D eigenvalue weighted by molar-refractivity contribution is 5.79. The maximum absolute atomic E-state index is 14.2. The highest BCUT2D eigenvalue weighted by atomic mass is 19.2. The zero-order chi connectivity index (χ0) is 19.2. The number of benzene rings is 1. The quantitative estimate of drug-likeness (QED) is 0.880. The largest absolute Gasteiger partial charge is 0.389 e. The topological polar surface area (TPSA) is 43.8 Å². The molecule has 1 saturated carbocycles. The van der Waals surface area contributed by atoms with Crippen LogP contribution >= 0.6 is 0 Å². The van der Waals surface area contributed by atoms with Crippen LogP contribution in [0.5, 0.6) is 0 Å². The van der Waals surface area contributed by atoms with Crippen LogP contribution in [-0.4, -0.2) is 52.6 Å². The van der Waals surface area contributed by atoms with Gasteiger partial charge in [0, 0.05) is 50.1 Å². The van der Waals surface area contributed by atoms with Gasteiger partial charge in [-0.05, 0) is 38.2 Å². The Morgan fingerprint density at radius 3 is 2.63 bits per heavy atom. The molecule has 3 fully saturated rings. The van der Waals surface area contributed by atoms with E-state index >= 15 is 0 Å². The molecule has 3 aliphatic rings. The van der Waals surface area contributed by atoms with Gasteiger partial charge in [0.1, 0.15) is 0 Å². The molecule has 1 N–H and O–H groups in total. The minimum Gasteiger partial charge on any atom is -0.389 e. The molecule has 2 atom stereocenters. The lowest BCUT2D eigenvalue weighted by molar-refractivity contribution is -0.153. The average molecular weight is 378 g/mol. The first-order valence-corrected chi connectivity index (χ1v) is 10.0. The van der Waals surface area contributed by atoms with Gasteiger partial charge in [0.05, 0.1) is 5.60 Å². The van der Waals surface area contributed by atoms with Gasteiger partial charge in [-0.1, -0.05) is 18.6 Å². The normalized spacial score (nSPS) is 29.3. The third-order valence-electron chi connectivity index (χ3n) is 6.87. The second-order valence-corrected chi connectivity index (χ2v) is 8.62. The van der Waals surface area contributed by atoms with E-state index in [1.807, 2.05) is 4.90 Å². The molecular weight excluding hydrogens is 350 g/mol. The number of piperidine rings is 2. The summed E-state index contributed by atoms with van der Waals surface area (Å²) in [4.78, 5) is 16.6. The molecule has 2 saturated heterocycles. The molecule has 27 heavy (non-hydrogen) atoms. The Balaban J connectivity index is 1.43. The Labute approximate surface area is 159 Å². The van der Waals surface area contributed by atoms with Crippen LogP contribution in [0.15, 0.2) is 12.1 Å². The van der Waals surface area contributed by atoms with Crippen molar-refractivity contribution in [1.82, 2.24) is 9.80 Å². The number of nitrogens with zero attached hydrogens (tertiary/aromatic N) is 2. The van der Waals surface area contributed by atoms with E-state index in [9.17, 15) is 18.7 Å². The van der Waals surface area contributed by atoms with Gasteiger partial charge >= 0.3 is 0 Å². The first-order valence-electron chi connectivity index (χ1n) is 10.0. The van der Waals surface area contributed by atoms with E-state index in [2.05, 4.69) is 4.90 Å². The van der Waals surface area contributed by atoms with Crippen LogP contribution in [0.4, 0.5) is 8.78 Å². The summed E-state index contributed by atoms with van der Waals surface area (Å²) >= 11 is 0. The molecule has 0 aromatic heterocycles. The third kappa shape index (κ3) is 3.49. The molecule has 4 rings (SSSR count). The second-order valence-electron chi connectivity index (χ2n) is 8.62. The number of halogens is 2. The molecule has 1 aromatic rings. The van der Waals surface area contributed by atoms with E-state index in [4.69, 9.17) is 0 Å². The number of carbonyl (C=O) groups excluding carboxylic acids is 1. The summed E-state index contributed by atoms with van der Waals surface area (Å²) in [5.41, 5.74) is -0.0901. The Morgan fingerprint density at radius 1 is 1.19 bits per heavy atom. The summed E-state index contributed by atoms with van der Waals surface area (Å²) in [6.45, 7) is 4.32. The van der Waals surface area contributed by atoms with Gasteiger partial charge in [-0.25, -0.2) is 8.78 Å². The van der Waals surface area contributed by atoms with Crippen LogP contribution in [0.1, 0.15) is 43.2 Å². The first kappa shape index (κ1) is 18.8. The summed E-state index contributed by atoms with van der Waals surface area (Å²) in [6, 6.07) is 3.25. The maximum Gasteiger partial charge on any atom is 0.225 e. The van der Waals surface area contributed by atoms with Gasteiger partial charge in [0.25, 0.3) is 0 Å². The molecule has 4 nitrogen and oxygen atoms in total. The highest BCUT2D eigenvalue weighted by Crippen LogP contribution is 2.38. The van der Waals surface area contributed by atoms with Crippen molar-refractivity contribution in [3.63, 3.8) is 0 Å². The molecule has 2 heterocycles. The molecule has 1 aromatic carbocycles. The molecule has 2 aliphatic heterocycles. The lowest BCUT2D eigenvalue weighted by atomic mass is 9.74. The van der Waals surface area contributed by atoms with Gasteiger partial charge in [-0.3, -0.25) is 9.69 Å². The van der Waals surface area contributed by atoms with Crippen molar-refractivity contribution < 1.29 is 18.7 Å². The number of fused-ring (bicyclic) bond motifs is 1. The van der Waals surface area contributed by atoms with Crippen LogP contribution in [-0.2, 0) is 11.3 Å². The molecule has 0 spiro atoms. The lowest BCUT2D eigenvalue weighted by Gasteiger charge is -2.51.